The Balaban J connectivity index is 1.67. The molecule has 1 aromatic heterocycles. The number of pyridine rings is 1. The van der Waals surface area contributed by atoms with Crippen molar-refractivity contribution in [3.8, 4) is 0 Å². The summed E-state index contributed by atoms with van der Waals surface area (Å²) in [6.45, 7) is 0.569. The molecule has 0 radical (unpaired) electrons. The van der Waals surface area contributed by atoms with E-state index in [0.717, 1.165) is 30.5 Å². The van der Waals surface area contributed by atoms with Crippen molar-refractivity contribution in [2.75, 3.05) is 29.6 Å². The number of carbonyl (C=O) groups is 1. The van der Waals surface area contributed by atoms with Gasteiger partial charge in [-0.2, -0.15) is 0 Å². The van der Waals surface area contributed by atoms with Gasteiger partial charge in [-0.15, -0.1) is 0 Å². The number of halogens is 2. The molecule has 166 valence electrons. The smallest absolute Gasteiger partial charge is 0.259 e. The van der Waals surface area contributed by atoms with Crippen molar-refractivity contribution in [2.24, 2.45) is 0 Å². The lowest BCUT2D eigenvalue weighted by Crippen LogP contribution is -2.30. The Hall–Kier alpha value is -2.55. The van der Waals surface area contributed by atoms with Crippen LogP contribution in [0.4, 0.5) is 20.3 Å². The van der Waals surface area contributed by atoms with Crippen LogP contribution in [-0.4, -0.2) is 40.4 Å². The average molecular weight is 449 g/mol. The summed E-state index contributed by atoms with van der Waals surface area (Å²) >= 11 is 0. The lowest BCUT2D eigenvalue weighted by atomic mass is 10.1. The minimum Gasteiger partial charge on any atom is -0.356 e. The molecule has 1 fully saturated rings. The fraction of sp³-hybridized carbons (Fsp3) is 0.455. The maximum Gasteiger partial charge on any atom is 0.259 e. The second-order valence-corrected chi connectivity index (χ2v) is 10.5. The number of amides is 1. The van der Waals surface area contributed by atoms with Gasteiger partial charge in [0.2, 0.25) is 5.92 Å². The first-order valence-electron chi connectivity index (χ1n) is 10.4. The number of nitrogens with zero attached hydrogens (tertiary/aromatic N) is 2. The van der Waals surface area contributed by atoms with E-state index in [4.69, 9.17) is 9.76 Å². The summed E-state index contributed by atoms with van der Waals surface area (Å²) < 4.78 is 47.6. The van der Waals surface area contributed by atoms with Crippen LogP contribution in [0.1, 0.15) is 47.3 Å². The Morgan fingerprint density at radius 3 is 2.77 bits per heavy atom. The molecule has 9 heteroatoms. The van der Waals surface area contributed by atoms with Gasteiger partial charge in [0, 0.05) is 48.5 Å². The molecular formula is C22H26F2N4O2S. The zero-order chi connectivity index (χ0) is 22.2. The first-order valence-corrected chi connectivity index (χ1v) is 12.4. The van der Waals surface area contributed by atoms with E-state index in [-0.39, 0.29) is 19.4 Å². The van der Waals surface area contributed by atoms with E-state index < -0.39 is 21.6 Å². The van der Waals surface area contributed by atoms with E-state index in [1.807, 2.05) is 6.07 Å². The van der Waals surface area contributed by atoms with E-state index >= 15 is 0 Å². The quantitative estimate of drug-likeness (QED) is 0.722. The summed E-state index contributed by atoms with van der Waals surface area (Å²) in [6.07, 6.45) is 3.86. The molecular weight excluding hydrogens is 422 g/mol. The topological polar surface area (TPSA) is 86.2 Å². The summed E-state index contributed by atoms with van der Waals surface area (Å²) in [5, 5.41) is 2.81. The number of aryl methyl sites for hydroxylation is 2. The monoisotopic (exact) mass is 448 g/mol. The van der Waals surface area contributed by atoms with Gasteiger partial charge in [-0.3, -0.25) is 4.79 Å². The van der Waals surface area contributed by atoms with Crippen molar-refractivity contribution >= 4 is 27.1 Å². The number of anilines is 2. The largest absolute Gasteiger partial charge is 0.356 e. The molecule has 1 unspecified atom stereocenters. The Labute approximate surface area is 181 Å². The number of hydrogen-bond acceptors (Lipinski definition) is 5. The summed E-state index contributed by atoms with van der Waals surface area (Å²) in [6, 6.07) is 8.26. The highest BCUT2D eigenvalue weighted by Crippen LogP contribution is 2.33. The Kier molecular flexibility index (Phi) is 5.72. The third-order valence-corrected chi connectivity index (χ3v) is 6.99. The lowest BCUT2D eigenvalue weighted by Gasteiger charge is -2.25. The Bertz CT molecular complexity index is 1120. The normalized spacial score (nSPS) is 19.9. The highest BCUT2D eigenvalue weighted by Gasteiger charge is 2.33. The summed E-state index contributed by atoms with van der Waals surface area (Å²) in [5.74, 6) is -2.64. The van der Waals surface area contributed by atoms with Gasteiger partial charge in [0.05, 0.1) is 15.3 Å². The maximum atomic E-state index is 13.9. The van der Waals surface area contributed by atoms with Crippen LogP contribution < -0.4 is 10.2 Å². The minimum atomic E-state index is -2.92. The highest BCUT2D eigenvalue weighted by atomic mass is 32.2. The highest BCUT2D eigenvalue weighted by molar-refractivity contribution is 7.91. The minimum absolute atomic E-state index is 0.144. The molecule has 1 aromatic carbocycles. The molecule has 2 aliphatic rings. The molecule has 4 rings (SSSR count). The van der Waals surface area contributed by atoms with Crippen molar-refractivity contribution in [2.45, 2.75) is 49.3 Å². The number of rotatable bonds is 4. The third-order valence-electron chi connectivity index (χ3n) is 5.83. The predicted octanol–water partition coefficient (Wildman–Crippen LogP) is 4.48. The molecule has 2 N–H and O–H groups in total. The number of aromatic nitrogens is 1. The third kappa shape index (κ3) is 4.87. The fourth-order valence-electron chi connectivity index (χ4n) is 4.16. The van der Waals surface area contributed by atoms with E-state index in [0.29, 0.717) is 34.9 Å². The van der Waals surface area contributed by atoms with Gasteiger partial charge >= 0.3 is 0 Å². The number of benzene rings is 1. The molecule has 6 nitrogen and oxygen atoms in total. The van der Waals surface area contributed by atoms with Crippen molar-refractivity contribution in [3.05, 3.63) is 47.2 Å². The first kappa shape index (κ1) is 21.7. The van der Waals surface area contributed by atoms with E-state index in [2.05, 4.69) is 5.32 Å². The molecule has 1 saturated heterocycles. The van der Waals surface area contributed by atoms with Crippen LogP contribution in [0.2, 0.25) is 0 Å². The summed E-state index contributed by atoms with van der Waals surface area (Å²) in [7, 11) is -2.92. The SMILES string of the molecule is CS(=N)(=O)c1cccc(NC(=O)c2cc3c(nc2N2CCCC(F)(F)CC2)CCC3)c1. The first-order chi connectivity index (χ1) is 14.6. The number of alkyl halides is 2. The summed E-state index contributed by atoms with van der Waals surface area (Å²) in [4.78, 5) is 20.1. The molecule has 2 heterocycles. The van der Waals surface area contributed by atoms with Crippen LogP contribution in [0.25, 0.3) is 0 Å². The zero-order valence-corrected chi connectivity index (χ0v) is 18.2. The second-order valence-electron chi connectivity index (χ2n) is 8.34. The molecule has 1 aliphatic carbocycles. The van der Waals surface area contributed by atoms with Gasteiger partial charge in [0.15, 0.2) is 0 Å². The van der Waals surface area contributed by atoms with E-state index in [9.17, 15) is 17.8 Å². The van der Waals surface area contributed by atoms with Crippen molar-refractivity contribution in [1.82, 2.24) is 4.98 Å². The van der Waals surface area contributed by atoms with Crippen LogP contribution in [0.3, 0.4) is 0 Å². The maximum absolute atomic E-state index is 13.9. The lowest BCUT2D eigenvalue weighted by molar-refractivity contribution is -0.0102. The number of hydrogen-bond donors (Lipinski definition) is 2. The van der Waals surface area contributed by atoms with Gasteiger partial charge < -0.3 is 10.2 Å². The molecule has 1 amide bonds. The summed E-state index contributed by atoms with van der Waals surface area (Å²) in [5.41, 5.74) is 2.74. The van der Waals surface area contributed by atoms with Crippen molar-refractivity contribution in [3.63, 3.8) is 0 Å². The molecule has 1 atom stereocenters. The average Bonchev–Trinajstić information content (AvgIpc) is 3.08. The van der Waals surface area contributed by atoms with E-state index in [1.54, 1.807) is 23.1 Å². The van der Waals surface area contributed by atoms with Crippen LogP contribution in [0, 0.1) is 4.78 Å². The van der Waals surface area contributed by atoms with Gasteiger partial charge in [0.25, 0.3) is 5.91 Å². The van der Waals surface area contributed by atoms with Crippen LogP contribution in [0.5, 0.6) is 0 Å². The predicted molar refractivity (Wildman–Crippen MR) is 117 cm³/mol. The fourth-order valence-corrected chi connectivity index (χ4v) is 4.85. The van der Waals surface area contributed by atoms with Gasteiger partial charge in [0.1, 0.15) is 5.82 Å². The van der Waals surface area contributed by atoms with Crippen LogP contribution in [-0.2, 0) is 22.6 Å². The zero-order valence-electron chi connectivity index (χ0n) is 17.4. The molecule has 2 aromatic rings. The Morgan fingerprint density at radius 1 is 1.19 bits per heavy atom. The number of fused-ring (bicyclic) bond motifs is 1. The Morgan fingerprint density at radius 2 is 2.00 bits per heavy atom. The molecule has 0 spiro atoms. The second kappa shape index (κ2) is 8.18. The van der Waals surface area contributed by atoms with Crippen molar-refractivity contribution in [1.29, 1.82) is 4.78 Å². The van der Waals surface area contributed by atoms with Gasteiger partial charge in [-0.1, -0.05) is 6.07 Å². The van der Waals surface area contributed by atoms with Gasteiger partial charge in [-0.05, 0) is 55.5 Å². The van der Waals surface area contributed by atoms with Crippen LogP contribution >= 0.6 is 0 Å². The molecule has 0 bridgehead atoms. The molecule has 1 aliphatic heterocycles. The van der Waals surface area contributed by atoms with Gasteiger partial charge in [-0.25, -0.2) is 22.8 Å². The van der Waals surface area contributed by atoms with Crippen LogP contribution in [0.15, 0.2) is 35.2 Å². The van der Waals surface area contributed by atoms with Crippen molar-refractivity contribution < 1.29 is 17.8 Å². The van der Waals surface area contributed by atoms with E-state index in [1.165, 1.54) is 12.3 Å². The number of nitrogens with one attached hydrogen (secondary N) is 2. The molecule has 31 heavy (non-hydrogen) atoms. The number of carbonyl (C=O) groups excluding carboxylic acids is 1. The standard InChI is InChI=1S/C22H26F2N4O2S/c1-31(25,30)17-7-3-6-16(14-17)26-21(29)18-13-15-5-2-8-19(15)27-20(18)28-11-4-9-22(23,24)10-12-28/h3,6-7,13-14,25H,2,4-5,8-12H2,1H3,(H,26,29). The molecule has 0 saturated carbocycles.